The Balaban J connectivity index is 2.19. The third kappa shape index (κ3) is 3.56. The molecule has 2 aromatic rings. The van der Waals surface area contributed by atoms with Gasteiger partial charge in [0.1, 0.15) is 4.88 Å². The number of rotatable bonds is 5. The highest BCUT2D eigenvalue weighted by molar-refractivity contribution is 9.10. The fourth-order valence-corrected chi connectivity index (χ4v) is 3.84. The first-order valence-electron chi connectivity index (χ1n) is 6.75. The third-order valence-electron chi connectivity index (χ3n) is 3.12. The summed E-state index contributed by atoms with van der Waals surface area (Å²) < 4.78 is 7.40. The van der Waals surface area contributed by atoms with Crippen LogP contribution in [-0.4, -0.2) is 37.1 Å². The van der Waals surface area contributed by atoms with E-state index in [1.165, 1.54) is 11.3 Å². The predicted octanol–water partition coefficient (Wildman–Crippen LogP) is 3.74. The molecule has 0 bridgehead atoms. The molecule has 0 saturated heterocycles. The van der Waals surface area contributed by atoms with Crippen molar-refractivity contribution >= 4 is 48.9 Å². The van der Waals surface area contributed by atoms with Crippen molar-refractivity contribution < 1.29 is 9.53 Å². The topological polar surface area (TPSA) is 55.6 Å². The minimum Gasteiger partial charge on any atom is -0.397 e. The number of hydrogen-bond donors (Lipinski definition) is 1. The lowest BCUT2D eigenvalue weighted by molar-refractivity contribution is 0.0535. The van der Waals surface area contributed by atoms with Crippen LogP contribution < -0.4 is 5.73 Å². The van der Waals surface area contributed by atoms with E-state index in [9.17, 15) is 4.79 Å². The number of carbonyl (C=O) groups excluding carboxylic acids is 1. The monoisotopic (exact) mass is 370 g/mol. The summed E-state index contributed by atoms with van der Waals surface area (Å²) in [4.78, 5) is 14.7. The third-order valence-corrected chi connectivity index (χ3v) is 4.94. The number of nitrogen functional groups attached to an aromatic ring is 1. The zero-order valence-electron chi connectivity index (χ0n) is 12.4. The Labute approximate surface area is 137 Å². The Hall–Kier alpha value is -1.11. The molecule has 0 radical (unpaired) electrons. The van der Waals surface area contributed by atoms with E-state index < -0.39 is 0 Å². The van der Waals surface area contributed by atoms with Crippen LogP contribution in [0, 0.1) is 0 Å². The molecule has 21 heavy (non-hydrogen) atoms. The minimum absolute atomic E-state index is 0.0621. The Kier molecular flexibility index (Phi) is 5.24. The number of benzene rings is 1. The lowest BCUT2D eigenvalue weighted by atomic mass is 10.2. The number of thiophene rings is 1. The Morgan fingerprint density at radius 1 is 1.48 bits per heavy atom. The van der Waals surface area contributed by atoms with E-state index in [2.05, 4.69) is 15.9 Å². The summed E-state index contributed by atoms with van der Waals surface area (Å²) in [7, 11) is 1.77. The van der Waals surface area contributed by atoms with Gasteiger partial charge in [-0.25, -0.2) is 0 Å². The van der Waals surface area contributed by atoms with Gasteiger partial charge in [0, 0.05) is 28.2 Å². The van der Waals surface area contributed by atoms with Gasteiger partial charge in [-0.15, -0.1) is 11.3 Å². The number of hydrogen-bond acceptors (Lipinski definition) is 4. The largest absolute Gasteiger partial charge is 0.397 e. The van der Waals surface area contributed by atoms with Crippen molar-refractivity contribution in [2.45, 2.75) is 20.0 Å². The van der Waals surface area contributed by atoms with E-state index in [0.717, 1.165) is 14.6 Å². The van der Waals surface area contributed by atoms with Crippen LogP contribution in [0.3, 0.4) is 0 Å². The first kappa shape index (κ1) is 16.3. The van der Waals surface area contributed by atoms with E-state index in [4.69, 9.17) is 10.5 Å². The molecule has 0 spiro atoms. The van der Waals surface area contributed by atoms with Crippen LogP contribution >= 0.6 is 27.3 Å². The van der Waals surface area contributed by atoms with E-state index in [0.29, 0.717) is 23.7 Å². The molecule has 4 nitrogen and oxygen atoms in total. The molecule has 2 rings (SSSR count). The molecule has 0 aliphatic heterocycles. The van der Waals surface area contributed by atoms with Gasteiger partial charge in [0.2, 0.25) is 0 Å². The van der Waals surface area contributed by atoms with Crippen LogP contribution in [0.15, 0.2) is 22.7 Å². The van der Waals surface area contributed by atoms with E-state index in [1.807, 2.05) is 32.0 Å². The summed E-state index contributed by atoms with van der Waals surface area (Å²) in [6.07, 6.45) is 0.166. The van der Waals surface area contributed by atoms with Gasteiger partial charge in [0.25, 0.3) is 5.91 Å². The van der Waals surface area contributed by atoms with Crippen LogP contribution in [0.1, 0.15) is 23.5 Å². The summed E-state index contributed by atoms with van der Waals surface area (Å²) in [6, 6.07) is 5.84. The van der Waals surface area contributed by atoms with Crippen molar-refractivity contribution in [3.63, 3.8) is 0 Å². The van der Waals surface area contributed by atoms with Crippen LogP contribution in [0.4, 0.5) is 5.69 Å². The van der Waals surface area contributed by atoms with Gasteiger partial charge in [-0.2, -0.15) is 0 Å². The van der Waals surface area contributed by atoms with E-state index >= 15 is 0 Å². The van der Waals surface area contributed by atoms with Gasteiger partial charge in [0.05, 0.1) is 18.4 Å². The number of carbonyl (C=O) groups is 1. The number of ether oxygens (including phenoxy) is 1. The van der Waals surface area contributed by atoms with Gasteiger partial charge in [-0.3, -0.25) is 4.79 Å². The number of halogens is 1. The second-order valence-electron chi connectivity index (χ2n) is 5.10. The first-order chi connectivity index (χ1) is 9.91. The molecule has 0 atom stereocenters. The molecule has 1 amide bonds. The SMILES string of the molecule is CC(C)OCCN(C)C(=O)c1sc2cccc(Br)c2c1N. The van der Waals surface area contributed by atoms with Gasteiger partial charge in [-0.05, 0) is 26.0 Å². The molecule has 1 aromatic heterocycles. The number of nitrogens with zero attached hydrogens (tertiary/aromatic N) is 1. The number of fused-ring (bicyclic) bond motifs is 1. The zero-order valence-corrected chi connectivity index (χ0v) is 14.8. The highest BCUT2D eigenvalue weighted by atomic mass is 79.9. The van der Waals surface area contributed by atoms with Crippen LogP contribution in [0.5, 0.6) is 0 Å². The summed E-state index contributed by atoms with van der Waals surface area (Å²) >= 11 is 4.91. The molecule has 1 heterocycles. The molecular weight excluding hydrogens is 352 g/mol. The van der Waals surface area contributed by atoms with Crippen molar-refractivity contribution in [2.75, 3.05) is 25.9 Å². The second-order valence-corrected chi connectivity index (χ2v) is 7.01. The Morgan fingerprint density at radius 2 is 2.19 bits per heavy atom. The van der Waals surface area contributed by atoms with Gasteiger partial charge in [0.15, 0.2) is 0 Å². The maximum Gasteiger partial charge on any atom is 0.265 e. The van der Waals surface area contributed by atoms with Crippen LogP contribution in [0.25, 0.3) is 10.1 Å². The van der Waals surface area contributed by atoms with E-state index in [-0.39, 0.29) is 12.0 Å². The molecule has 0 unspecified atom stereocenters. The smallest absolute Gasteiger partial charge is 0.265 e. The number of amides is 1. The number of anilines is 1. The van der Waals surface area contributed by atoms with Crippen LogP contribution in [0.2, 0.25) is 0 Å². The second kappa shape index (κ2) is 6.77. The molecule has 0 aliphatic carbocycles. The van der Waals surface area contributed by atoms with Crippen molar-refractivity contribution in [2.24, 2.45) is 0 Å². The number of likely N-dealkylation sites (N-methyl/N-ethyl adjacent to an activating group) is 1. The molecule has 0 saturated carbocycles. The first-order valence-corrected chi connectivity index (χ1v) is 8.36. The van der Waals surface area contributed by atoms with Crippen molar-refractivity contribution in [1.29, 1.82) is 0 Å². The number of nitrogens with two attached hydrogens (primary N) is 1. The molecule has 114 valence electrons. The highest BCUT2D eigenvalue weighted by Gasteiger charge is 2.20. The molecular formula is C15H19BrN2O2S. The van der Waals surface area contributed by atoms with Gasteiger partial charge >= 0.3 is 0 Å². The summed E-state index contributed by atoms with van der Waals surface area (Å²) in [6.45, 7) is 5.02. The summed E-state index contributed by atoms with van der Waals surface area (Å²) in [5, 5.41) is 0.915. The average Bonchev–Trinajstić information content (AvgIpc) is 2.76. The molecule has 1 aromatic carbocycles. The summed E-state index contributed by atoms with van der Waals surface area (Å²) in [5.74, 6) is -0.0621. The van der Waals surface area contributed by atoms with Crippen molar-refractivity contribution in [3.8, 4) is 0 Å². The van der Waals surface area contributed by atoms with Crippen molar-refractivity contribution in [3.05, 3.63) is 27.5 Å². The lowest BCUT2D eigenvalue weighted by Crippen LogP contribution is -2.30. The molecule has 0 fully saturated rings. The maximum absolute atomic E-state index is 12.5. The van der Waals surface area contributed by atoms with Gasteiger partial charge in [-0.1, -0.05) is 22.0 Å². The fourth-order valence-electron chi connectivity index (χ4n) is 1.99. The Morgan fingerprint density at radius 3 is 2.81 bits per heavy atom. The molecule has 2 N–H and O–H groups in total. The van der Waals surface area contributed by atoms with Gasteiger partial charge < -0.3 is 15.4 Å². The lowest BCUT2D eigenvalue weighted by Gasteiger charge is -2.17. The van der Waals surface area contributed by atoms with Crippen molar-refractivity contribution in [1.82, 2.24) is 4.90 Å². The molecule has 6 heteroatoms. The standard InChI is InChI=1S/C15H19BrN2O2S/c1-9(2)20-8-7-18(3)15(19)14-13(17)12-10(16)5-4-6-11(12)21-14/h4-6,9H,7-8,17H2,1-3H3. The zero-order chi connectivity index (χ0) is 15.6. The van der Waals surface area contributed by atoms with E-state index in [1.54, 1.807) is 11.9 Å². The molecule has 0 aliphatic rings. The quantitative estimate of drug-likeness (QED) is 0.871. The Bertz CT molecular complexity index is 654. The summed E-state index contributed by atoms with van der Waals surface area (Å²) in [5.41, 5.74) is 6.70. The normalized spacial score (nSPS) is 11.3. The predicted molar refractivity (Wildman–Crippen MR) is 92.0 cm³/mol. The minimum atomic E-state index is -0.0621. The average molecular weight is 371 g/mol. The fraction of sp³-hybridized carbons (Fsp3) is 0.400. The highest BCUT2D eigenvalue weighted by Crippen LogP contribution is 2.38. The maximum atomic E-state index is 12.5. The van der Waals surface area contributed by atoms with Crippen LogP contribution in [-0.2, 0) is 4.74 Å².